The Morgan fingerprint density at radius 1 is 1.45 bits per heavy atom. The highest BCUT2D eigenvalue weighted by Gasteiger charge is 2.27. The Balaban J connectivity index is 1.66. The molecule has 0 bridgehead atoms. The molecule has 1 aliphatic carbocycles. The number of nitrogens with one attached hydrogen (secondary N) is 2. The number of fused-ring (bicyclic) bond motifs is 1. The number of hydrogen-bond donors (Lipinski definition) is 2. The Kier molecular flexibility index (Phi) is 3.14. The molecule has 1 unspecified atom stereocenters. The topological polar surface area (TPSA) is 84.1 Å². The zero-order valence-corrected chi connectivity index (χ0v) is 11.1. The number of aromatic nitrogens is 2. The second-order valence-electron chi connectivity index (χ2n) is 5.00. The van der Waals surface area contributed by atoms with Crippen molar-refractivity contribution >= 4 is 22.8 Å². The summed E-state index contributed by atoms with van der Waals surface area (Å²) < 4.78 is 5.17. The largest absolute Gasteiger partial charge is 0.449 e. The molecule has 1 saturated carbocycles. The van der Waals surface area contributed by atoms with E-state index in [0.29, 0.717) is 5.56 Å². The van der Waals surface area contributed by atoms with Crippen molar-refractivity contribution in [3.05, 3.63) is 30.0 Å². The van der Waals surface area contributed by atoms with Gasteiger partial charge in [0.1, 0.15) is 0 Å². The van der Waals surface area contributed by atoms with Crippen LogP contribution in [0.1, 0.15) is 30.1 Å². The van der Waals surface area contributed by atoms with E-state index in [1.54, 1.807) is 31.3 Å². The fourth-order valence-electron chi connectivity index (χ4n) is 1.89. The summed E-state index contributed by atoms with van der Waals surface area (Å²) in [5.41, 5.74) is 1.15. The van der Waals surface area contributed by atoms with Crippen LogP contribution in [0.2, 0.25) is 0 Å². The molecule has 1 fully saturated rings. The van der Waals surface area contributed by atoms with Crippen LogP contribution >= 0.6 is 0 Å². The van der Waals surface area contributed by atoms with Crippen molar-refractivity contribution in [2.45, 2.75) is 31.9 Å². The number of nitrogens with zero attached hydrogens (tertiary/aromatic N) is 1. The molecule has 2 aromatic rings. The number of H-pyrrole nitrogens is 1. The molecule has 2 N–H and O–H groups in total. The summed E-state index contributed by atoms with van der Waals surface area (Å²) in [5, 5.41) is 10.4. The Labute approximate surface area is 115 Å². The van der Waals surface area contributed by atoms with Gasteiger partial charge in [-0.25, -0.2) is 4.79 Å². The predicted octanol–water partition coefficient (Wildman–Crippen LogP) is 1.39. The van der Waals surface area contributed by atoms with Gasteiger partial charge in [0.25, 0.3) is 5.91 Å². The molecule has 0 saturated heterocycles. The third-order valence-electron chi connectivity index (χ3n) is 3.25. The smallest absolute Gasteiger partial charge is 0.338 e. The molecule has 0 radical (unpaired) electrons. The lowest BCUT2D eigenvalue weighted by Crippen LogP contribution is -2.37. The maximum Gasteiger partial charge on any atom is 0.338 e. The molecule has 0 spiro atoms. The standard InChI is InChI=1S/C14H15N3O3/c1-8(13(18)16-11-4-5-11)20-14(19)9-2-3-10-7-15-17-12(10)6-9/h2-3,6-8,11H,4-5H2,1H3,(H,15,17)(H,16,18). The summed E-state index contributed by atoms with van der Waals surface area (Å²) in [7, 11) is 0. The second-order valence-corrected chi connectivity index (χ2v) is 5.00. The van der Waals surface area contributed by atoms with Gasteiger partial charge in [0, 0.05) is 11.4 Å². The van der Waals surface area contributed by atoms with Gasteiger partial charge in [0.2, 0.25) is 0 Å². The second kappa shape index (κ2) is 4.96. The minimum absolute atomic E-state index is 0.247. The quantitative estimate of drug-likeness (QED) is 0.824. The van der Waals surface area contributed by atoms with Crippen molar-refractivity contribution in [3.8, 4) is 0 Å². The van der Waals surface area contributed by atoms with Gasteiger partial charge >= 0.3 is 5.97 Å². The molecule has 1 aliphatic rings. The Morgan fingerprint density at radius 2 is 2.25 bits per heavy atom. The Hall–Kier alpha value is -2.37. The molecule has 20 heavy (non-hydrogen) atoms. The van der Waals surface area contributed by atoms with E-state index in [4.69, 9.17) is 4.74 Å². The molecule has 104 valence electrons. The number of rotatable bonds is 4. The first-order chi connectivity index (χ1) is 9.63. The normalized spacial score (nSPS) is 15.8. The lowest BCUT2D eigenvalue weighted by molar-refractivity contribution is -0.129. The zero-order valence-electron chi connectivity index (χ0n) is 11.1. The number of hydrogen-bond acceptors (Lipinski definition) is 4. The van der Waals surface area contributed by atoms with Crippen LogP contribution in [0.5, 0.6) is 0 Å². The van der Waals surface area contributed by atoms with Crippen molar-refractivity contribution in [1.82, 2.24) is 15.5 Å². The van der Waals surface area contributed by atoms with E-state index in [1.807, 2.05) is 0 Å². The van der Waals surface area contributed by atoms with Gasteiger partial charge in [-0.2, -0.15) is 5.10 Å². The predicted molar refractivity (Wildman–Crippen MR) is 72.1 cm³/mol. The van der Waals surface area contributed by atoms with E-state index >= 15 is 0 Å². The van der Waals surface area contributed by atoms with Gasteiger partial charge in [0.05, 0.1) is 17.3 Å². The maximum absolute atomic E-state index is 12.0. The molecule has 1 aromatic carbocycles. The summed E-state index contributed by atoms with van der Waals surface area (Å²) in [6, 6.07) is 5.36. The van der Waals surface area contributed by atoms with Crippen LogP contribution in [0, 0.1) is 0 Å². The van der Waals surface area contributed by atoms with E-state index < -0.39 is 12.1 Å². The highest BCUT2D eigenvalue weighted by atomic mass is 16.5. The van der Waals surface area contributed by atoms with Crippen molar-refractivity contribution in [1.29, 1.82) is 0 Å². The summed E-state index contributed by atoms with van der Waals surface area (Å²) in [6.07, 6.45) is 2.89. The van der Waals surface area contributed by atoms with Gasteiger partial charge in [-0.15, -0.1) is 0 Å². The summed E-state index contributed by atoms with van der Waals surface area (Å²) in [6.45, 7) is 1.57. The van der Waals surface area contributed by atoms with E-state index in [9.17, 15) is 9.59 Å². The van der Waals surface area contributed by atoms with Crippen LogP contribution < -0.4 is 5.32 Å². The minimum atomic E-state index is -0.791. The van der Waals surface area contributed by atoms with Crippen molar-refractivity contribution in [2.24, 2.45) is 0 Å². The molecular formula is C14H15N3O3. The Bertz CT molecular complexity index is 660. The average molecular weight is 273 g/mol. The number of carbonyl (C=O) groups is 2. The molecule has 1 atom stereocenters. The number of amides is 1. The fraction of sp³-hybridized carbons (Fsp3) is 0.357. The number of esters is 1. The van der Waals surface area contributed by atoms with Crippen LogP contribution in [-0.2, 0) is 9.53 Å². The highest BCUT2D eigenvalue weighted by Crippen LogP contribution is 2.19. The molecule has 1 aromatic heterocycles. The molecule has 6 nitrogen and oxygen atoms in total. The van der Waals surface area contributed by atoms with Crippen molar-refractivity contribution < 1.29 is 14.3 Å². The lowest BCUT2D eigenvalue weighted by Gasteiger charge is -2.13. The van der Waals surface area contributed by atoms with Gasteiger partial charge in [-0.3, -0.25) is 9.89 Å². The molecule has 6 heteroatoms. The van der Waals surface area contributed by atoms with E-state index in [2.05, 4.69) is 15.5 Å². The number of ether oxygens (including phenoxy) is 1. The Morgan fingerprint density at radius 3 is 3.00 bits per heavy atom. The van der Waals surface area contributed by atoms with Gasteiger partial charge in [-0.1, -0.05) is 6.07 Å². The fourth-order valence-corrected chi connectivity index (χ4v) is 1.89. The van der Waals surface area contributed by atoms with Crippen molar-refractivity contribution in [2.75, 3.05) is 0 Å². The SMILES string of the molecule is CC(OC(=O)c1ccc2cn[nH]c2c1)C(=O)NC1CC1. The minimum Gasteiger partial charge on any atom is -0.449 e. The van der Waals surface area contributed by atoms with Gasteiger partial charge in [-0.05, 0) is 31.9 Å². The van der Waals surface area contributed by atoms with E-state index in [-0.39, 0.29) is 11.9 Å². The monoisotopic (exact) mass is 273 g/mol. The summed E-state index contributed by atoms with van der Waals surface area (Å²) in [5.74, 6) is -0.761. The number of carbonyl (C=O) groups excluding carboxylic acids is 2. The van der Waals surface area contributed by atoms with Crippen LogP contribution in [0.4, 0.5) is 0 Å². The zero-order chi connectivity index (χ0) is 14.1. The van der Waals surface area contributed by atoms with Crippen LogP contribution in [0.25, 0.3) is 10.9 Å². The summed E-state index contributed by atoms with van der Waals surface area (Å²) in [4.78, 5) is 23.7. The highest BCUT2D eigenvalue weighted by molar-refractivity contribution is 5.95. The number of benzene rings is 1. The maximum atomic E-state index is 12.0. The first-order valence-electron chi connectivity index (χ1n) is 6.58. The van der Waals surface area contributed by atoms with E-state index in [1.165, 1.54) is 0 Å². The first-order valence-corrected chi connectivity index (χ1v) is 6.58. The van der Waals surface area contributed by atoms with Gasteiger partial charge in [0.15, 0.2) is 6.10 Å². The summed E-state index contributed by atoms with van der Waals surface area (Å²) >= 11 is 0. The third kappa shape index (κ3) is 2.64. The average Bonchev–Trinajstić information content (AvgIpc) is 3.12. The molecule has 3 rings (SSSR count). The lowest BCUT2D eigenvalue weighted by atomic mass is 10.2. The van der Waals surface area contributed by atoms with Gasteiger partial charge < -0.3 is 10.1 Å². The van der Waals surface area contributed by atoms with Crippen LogP contribution in [0.3, 0.4) is 0 Å². The number of aromatic amines is 1. The van der Waals surface area contributed by atoms with E-state index in [0.717, 1.165) is 23.7 Å². The molecular weight excluding hydrogens is 258 g/mol. The van der Waals surface area contributed by atoms with Crippen LogP contribution in [0.15, 0.2) is 24.4 Å². The first kappa shape index (κ1) is 12.7. The van der Waals surface area contributed by atoms with Crippen molar-refractivity contribution in [3.63, 3.8) is 0 Å². The van der Waals surface area contributed by atoms with Crippen LogP contribution in [-0.4, -0.2) is 34.2 Å². The molecule has 0 aliphatic heterocycles. The molecule has 1 amide bonds. The third-order valence-corrected chi connectivity index (χ3v) is 3.25. The molecule has 1 heterocycles.